The van der Waals surface area contributed by atoms with Crippen LogP contribution in [0.15, 0.2) is 54.7 Å². The predicted octanol–water partition coefficient (Wildman–Crippen LogP) is 2.14. The Morgan fingerprint density at radius 2 is 2.00 bits per heavy atom. The molecule has 2 aromatic rings. The van der Waals surface area contributed by atoms with Crippen molar-refractivity contribution in [1.82, 2.24) is 20.7 Å². The lowest BCUT2D eigenvalue weighted by Gasteiger charge is -2.32. The van der Waals surface area contributed by atoms with Crippen LogP contribution in [0.1, 0.15) is 17.2 Å². The third-order valence-corrected chi connectivity index (χ3v) is 4.42. The second kappa shape index (κ2) is 5.68. The molecule has 6 heteroatoms. The number of pyridine rings is 1. The minimum atomic E-state index is -0.159. The van der Waals surface area contributed by atoms with Crippen molar-refractivity contribution in [2.24, 2.45) is 0 Å². The molecular weight excluding hydrogens is 312 g/mol. The molecule has 0 aliphatic carbocycles. The summed E-state index contributed by atoms with van der Waals surface area (Å²) in [4.78, 5) is 16.8. The molecule has 1 aromatic carbocycles. The molecule has 4 rings (SSSR count). The highest BCUT2D eigenvalue weighted by molar-refractivity contribution is 6.30. The number of hydrogen-bond donors (Lipinski definition) is 2. The van der Waals surface area contributed by atoms with E-state index in [0.717, 1.165) is 17.0 Å². The Labute approximate surface area is 138 Å². The van der Waals surface area contributed by atoms with Crippen molar-refractivity contribution in [2.75, 3.05) is 6.54 Å². The molecule has 1 fully saturated rings. The van der Waals surface area contributed by atoms with Gasteiger partial charge >= 0.3 is 0 Å². The molecule has 23 heavy (non-hydrogen) atoms. The van der Waals surface area contributed by atoms with Gasteiger partial charge in [0.15, 0.2) is 0 Å². The van der Waals surface area contributed by atoms with Crippen molar-refractivity contribution in [2.45, 2.75) is 12.1 Å². The third-order valence-electron chi connectivity index (χ3n) is 4.17. The average Bonchev–Trinajstić information content (AvgIpc) is 3.01. The molecule has 1 saturated heterocycles. The lowest BCUT2D eigenvalue weighted by atomic mass is 10.00. The number of rotatable bonds is 2. The van der Waals surface area contributed by atoms with Gasteiger partial charge in [-0.3, -0.25) is 14.8 Å². The molecule has 2 aliphatic heterocycles. The number of aromatic nitrogens is 1. The normalized spacial score (nSPS) is 23.3. The fourth-order valence-electron chi connectivity index (χ4n) is 3.02. The average molecular weight is 327 g/mol. The smallest absolute Gasteiger partial charge is 0.264 e. The van der Waals surface area contributed by atoms with Gasteiger partial charge in [0.05, 0.1) is 5.92 Å². The van der Waals surface area contributed by atoms with E-state index < -0.39 is 0 Å². The maximum atomic E-state index is 12.4. The molecule has 116 valence electrons. The van der Waals surface area contributed by atoms with Crippen LogP contribution in [0.3, 0.4) is 0 Å². The van der Waals surface area contributed by atoms with Gasteiger partial charge in [0.2, 0.25) is 0 Å². The molecule has 0 spiro atoms. The van der Waals surface area contributed by atoms with Crippen molar-refractivity contribution in [3.05, 3.63) is 71.0 Å². The summed E-state index contributed by atoms with van der Waals surface area (Å²) in [5, 5.41) is 5.76. The number of carbonyl (C=O) groups excluding carboxylic acids is 1. The molecule has 0 saturated carbocycles. The van der Waals surface area contributed by atoms with Crippen LogP contribution in [-0.2, 0) is 4.79 Å². The van der Waals surface area contributed by atoms with Crippen LogP contribution in [0.2, 0.25) is 5.02 Å². The number of hydrogen-bond acceptors (Lipinski definition) is 4. The molecule has 2 N–H and O–H groups in total. The molecule has 2 unspecified atom stereocenters. The number of nitrogens with zero attached hydrogens (tertiary/aromatic N) is 2. The van der Waals surface area contributed by atoms with E-state index in [0.29, 0.717) is 11.6 Å². The highest BCUT2D eigenvalue weighted by atomic mass is 35.5. The van der Waals surface area contributed by atoms with Crippen LogP contribution >= 0.6 is 11.6 Å². The van der Waals surface area contributed by atoms with E-state index in [1.807, 2.05) is 42.5 Å². The van der Waals surface area contributed by atoms with Crippen molar-refractivity contribution in [3.63, 3.8) is 0 Å². The zero-order valence-corrected chi connectivity index (χ0v) is 13.0. The summed E-state index contributed by atoms with van der Waals surface area (Å²) in [6, 6.07) is 13.3. The molecule has 0 bridgehead atoms. The number of carbonyl (C=O) groups is 1. The largest absolute Gasteiger partial charge is 0.363 e. The van der Waals surface area contributed by atoms with Crippen LogP contribution in [0, 0.1) is 0 Å². The molecule has 2 aliphatic rings. The molecule has 3 heterocycles. The molecule has 0 radical (unpaired) electrons. The lowest BCUT2D eigenvalue weighted by molar-refractivity contribution is -0.130. The molecule has 1 amide bonds. The van der Waals surface area contributed by atoms with Crippen LogP contribution in [-0.4, -0.2) is 28.6 Å². The second-order valence-corrected chi connectivity index (χ2v) is 6.02. The molecule has 5 nitrogen and oxygen atoms in total. The summed E-state index contributed by atoms with van der Waals surface area (Å²) >= 11 is 5.94. The van der Waals surface area contributed by atoms with Crippen LogP contribution in [0.5, 0.6) is 0 Å². The van der Waals surface area contributed by atoms with Crippen molar-refractivity contribution < 1.29 is 4.79 Å². The molecular formula is C17H15ClN4O. The van der Waals surface area contributed by atoms with Gasteiger partial charge in [-0.15, -0.1) is 0 Å². The maximum Gasteiger partial charge on any atom is 0.264 e. The summed E-state index contributed by atoms with van der Waals surface area (Å²) < 4.78 is 0. The van der Waals surface area contributed by atoms with E-state index in [1.54, 1.807) is 17.3 Å². The van der Waals surface area contributed by atoms with E-state index in [-0.39, 0.29) is 18.0 Å². The summed E-state index contributed by atoms with van der Waals surface area (Å²) in [5.74, 6) is 0.0354. The van der Waals surface area contributed by atoms with Gasteiger partial charge in [-0.1, -0.05) is 29.8 Å². The van der Waals surface area contributed by atoms with Crippen LogP contribution in [0.4, 0.5) is 0 Å². The highest BCUT2D eigenvalue weighted by Crippen LogP contribution is 2.30. The van der Waals surface area contributed by atoms with Gasteiger partial charge in [0, 0.05) is 35.2 Å². The van der Waals surface area contributed by atoms with Gasteiger partial charge < -0.3 is 5.32 Å². The van der Waals surface area contributed by atoms with Gasteiger partial charge in [0.1, 0.15) is 6.17 Å². The van der Waals surface area contributed by atoms with Gasteiger partial charge in [0.25, 0.3) is 5.91 Å². The Bertz CT molecular complexity index is 760. The second-order valence-electron chi connectivity index (χ2n) is 5.59. The fraction of sp³-hybridized carbons (Fsp3) is 0.176. The zero-order chi connectivity index (χ0) is 15.8. The number of benzene rings is 1. The Morgan fingerprint density at radius 1 is 1.17 bits per heavy atom. The minimum Gasteiger partial charge on any atom is -0.363 e. The first-order chi connectivity index (χ1) is 11.2. The number of fused-ring (bicyclic) bond motifs is 1. The van der Waals surface area contributed by atoms with E-state index in [2.05, 4.69) is 15.7 Å². The standard InChI is InChI=1S/C17H15ClN4O/c18-12-6-4-11(5-7-12)15-9-16(23)22-17(21-15)13(10-20-22)14-3-1-2-8-19-14/h1-9,13,17,20-21H,10H2. The number of amides is 1. The molecule has 2 atom stereocenters. The molecule has 1 aromatic heterocycles. The van der Waals surface area contributed by atoms with Crippen molar-refractivity contribution in [3.8, 4) is 0 Å². The van der Waals surface area contributed by atoms with E-state index in [9.17, 15) is 4.79 Å². The van der Waals surface area contributed by atoms with Gasteiger partial charge in [-0.05, 0) is 29.8 Å². The summed E-state index contributed by atoms with van der Waals surface area (Å²) in [6.45, 7) is 0.669. The predicted molar refractivity (Wildman–Crippen MR) is 88.2 cm³/mol. The first-order valence-electron chi connectivity index (χ1n) is 7.44. The Hall–Kier alpha value is -2.37. The van der Waals surface area contributed by atoms with Gasteiger partial charge in [-0.2, -0.15) is 0 Å². The highest BCUT2D eigenvalue weighted by Gasteiger charge is 2.41. The summed E-state index contributed by atoms with van der Waals surface area (Å²) in [7, 11) is 0. The number of nitrogens with one attached hydrogen (secondary N) is 2. The van der Waals surface area contributed by atoms with E-state index >= 15 is 0 Å². The maximum absolute atomic E-state index is 12.4. The third kappa shape index (κ3) is 2.58. The van der Waals surface area contributed by atoms with Gasteiger partial charge in [-0.25, -0.2) is 5.43 Å². The Balaban J connectivity index is 1.65. The number of hydrazine groups is 1. The van der Waals surface area contributed by atoms with E-state index in [1.165, 1.54) is 0 Å². The van der Waals surface area contributed by atoms with Crippen LogP contribution in [0.25, 0.3) is 5.70 Å². The summed E-state index contributed by atoms with van der Waals surface area (Å²) in [5.41, 5.74) is 5.86. The Morgan fingerprint density at radius 3 is 2.74 bits per heavy atom. The van der Waals surface area contributed by atoms with E-state index in [4.69, 9.17) is 11.6 Å². The topological polar surface area (TPSA) is 57.3 Å². The monoisotopic (exact) mass is 326 g/mol. The number of halogens is 1. The first-order valence-corrected chi connectivity index (χ1v) is 7.82. The Kier molecular flexibility index (Phi) is 3.52. The fourth-order valence-corrected chi connectivity index (χ4v) is 3.14. The zero-order valence-electron chi connectivity index (χ0n) is 12.2. The van der Waals surface area contributed by atoms with Crippen LogP contribution < -0.4 is 10.7 Å². The minimum absolute atomic E-state index is 0.0582. The lowest BCUT2D eigenvalue weighted by Crippen LogP contribution is -2.52. The SMILES string of the molecule is O=C1C=C(c2ccc(Cl)cc2)NC2C(c3ccccn3)CNN12. The van der Waals surface area contributed by atoms with Crippen molar-refractivity contribution in [1.29, 1.82) is 0 Å². The van der Waals surface area contributed by atoms with Crippen molar-refractivity contribution >= 4 is 23.2 Å². The first kappa shape index (κ1) is 14.2. The summed E-state index contributed by atoms with van der Waals surface area (Å²) in [6.07, 6.45) is 3.22. The quantitative estimate of drug-likeness (QED) is 0.887.